The Bertz CT molecular complexity index is 314. The number of hydrogen-bond donors (Lipinski definition) is 2. The summed E-state index contributed by atoms with van der Waals surface area (Å²) in [6, 6.07) is -0.178. The number of nitrogens with zero attached hydrogens (tertiary/aromatic N) is 1. The highest BCUT2D eigenvalue weighted by molar-refractivity contribution is 5.75. The smallest absolute Gasteiger partial charge is 0.317 e. The Morgan fingerprint density at radius 2 is 2.11 bits per heavy atom. The lowest BCUT2D eigenvalue weighted by Crippen LogP contribution is -2.49. The molecule has 2 N–H and O–H groups in total. The van der Waals surface area contributed by atoms with Gasteiger partial charge >= 0.3 is 12.0 Å². The Morgan fingerprint density at radius 1 is 1.42 bits per heavy atom. The lowest BCUT2D eigenvalue weighted by Gasteiger charge is -2.29. The van der Waals surface area contributed by atoms with Crippen LogP contribution in [-0.4, -0.2) is 53.8 Å². The van der Waals surface area contributed by atoms with Crippen LogP contribution in [0.25, 0.3) is 0 Å². The molecule has 2 unspecified atom stereocenters. The molecule has 0 spiro atoms. The molecular weight excluding hydrogens is 248 g/mol. The summed E-state index contributed by atoms with van der Waals surface area (Å²) in [6.07, 6.45) is 0.921. The number of rotatable bonds is 6. The van der Waals surface area contributed by atoms with Crippen LogP contribution in [-0.2, 0) is 9.53 Å². The van der Waals surface area contributed by atoms with Crippen LogP contribution in [0.5, 0.6) is 0 Å². The van der Waals surface area contributed by atoms with Crippen molar-refractivity contribution in [3.05, 3.63) is 0 Å². The van der Waals surface area contributed by atoms with Gasteiger partial charge in [-0.25, -0.2) is 4.79 Å². The Morgan fingerprint density at radius 3 is 2.58 bits per heavy atom. The summed E-state index contributed by atoms with van der Waals surface area (Å²) in [5, 5.41) is 11.6. The summed E-state index contributed by atoms with van der Waals surface area (Å²) >= 11 is 0. The maximum Gasteiger partial charge on any atom is 0.317 e. The first-order valence-corrected chi connectivity index (χ1v) is 6.78. The van der Waals surface area contributed by atoms with Crippen LogP contribution in [0.1, 0.15) is 33.6 Å². The number of carboxylic acid groups (broad SMARTS) is 1. The first kappa shape index (κ1) is 15.8. The normalized spacial score (nSPS) is 20.3. The van der Waals surface area contributed by atoms with Gasteiger partial charge in [0.25, 0.3) is 0 Å². The van der Waals surface area contributed by atoms with E-state index in [0.717, 1.165) is 13.0 Å². The first-order chi connectivity index (χ1) is 8.91. The Balaban J connectivity index is 2.48. The number of ether oxygens (including phenoxy) is 1. The number of urea groups is 1. The van der Waals surface area contributed by atoms with Gasteiger partial charge in [0.1, 0.15) is 0 Å². The fraction of sp³-hybridized carbons (Fsp3) is 0.846. The molecule has 0 saturated carbocycles. The Kier molecular flexibility index (Phi) is 6.08. The standard InChI is InChI=1S/C13H24N2O4/c1-9(2)15(6-4-12(16)17)13(18)14-10(3)11-5-7-19-8-11/h9-11H,4-8H2,1-3H3,(H,14,18)(H,16,17). The van der Waals surface area contributed by atoms with Crippen LogP contribution >= 0.6 is 0 Å². The van der Waals surface area contributed by atoms with Crippen molar-refractivity contribution in [1.29, 1.82) is 0 Å². The van der Waals surface area contributed by atoms with Crippen molar-refractivity contribution in [2.24, 2.45) is 5.92 Å². The molecule has 1 heterocycles. The largest absolute Gasteiger partial charge is 0.481 e. The van der Waals surface area contributed by atoms with E-state index in [1.165, 1.54) is 0 Å². The highest BCUT2D eigenvalue weighted by Gasteiger charge is 2.26. The molecule has 6 heteroatoms. The van der Waals surface area contributed by atoms with Crippen molar-refractivity contribution < 1.29 is 19.4 Å². The Labute approximate surface area is 114 Å². The SMILES string of the molecule is CC(NC(=O)N(CCC(=O)O)C(C)C)C1CCOC1. The van der Waals surface area contributed by atoms with E-state index in [1.54, 1.807) is 4.90 Å². The molecule has 0 bridgehead atoms. The molecule has 0 aromatic heterocycles. The van der Waals surface area contributed by atoms with E-state index in [2.05, 4.69) is 5.32 Å². The van der Waals surface area contributed by atoms with Crippen LogP contribution in [0.2, 0.25) is 0 Å². The number of carbonyl (C=O) groups is 2. The molecule has 1 rings (SSSR count). The molecule has 19 heavy (non-hydrogen) atoms. The zero-order chi connectivity index (χ0) is 14.4. The molecule has 2 atom stereocenters. The quantitative estimate of drug-likeness (QED) is 0.764. The molecule has 0 aromatic rings. The lowest BCUT2D eigenvalue weighted by molar-refractivity contribution is -0.137. The van der Waals surface area contributed by atoms with E-state index in [-0.39, 0.29) is 31.1 Å². The van der Waals surface area contributed by atoms with E-state index < -0.39 is 5.97 Å². The minimum atomic E-state index is -0.893. The van der Waals surface area contributed by atoms with Gasteiger partial charge in [-0.1, -0.05) is 0 Å². The molecule has 1 fully saturated rings. The van der Waals surface area contributed by atoms with E-state index in [1.807, 2.05) is 20.8 Å². The highest BCUT2D eigenvalue weighted by atomic mass is 16.5. The van der Waals surface area contributed by atoms with Crippen molar-refractivity contribution in [2.45, 2.75) is 45.7 Å². The highest BCUT2D eigenvalue weighted by Crippen LogP contribution is 2.16. The minimum Gasteiger partial charge on any atom is -0.481 e. The average Bonchev–Trinajstić information content (AvgIpc) is 2.81. The summed E-state index contributed by atoms with van der Waals surface area (Å²) in [7, 11) is 0. The van der Waals surface area contributed by atoms with Gasteiger partial charge in [-0.2, -0.15) is 0 Å². The average molecular weight is 272 g/mol. The fourth-order valence-corrected chi connectivity index (χ4v) is 2.15. The van der Waals surface area contributed by atoms with Crippen LogP contribution in [0.3, 0.4) is 0 Å². The Hall–Kier alpha value is -1.30. The summed E-state index contributed by atoms with van der Waals surface area (Å²) < 4.78 is 5.30. The van der Waals surface area contributed by atoms with Crippen molar-refractivity contribution in [3.63, 3.8) is 0 Å². The predicted molar refractivity (Wildman–Crippen MR) is 71.0 cm³/mol. The zero-order valence-corrected chi connectivity index (χ0v) is 11.9. The van der Waals surface area contributed by atoms with Crippen molar-refractivity contribution in [2.75, 3.05) is 19.8 Å². The third-order valence-corrected chi connectivity index (χ3v) is 3.47. The van der Waals surface area contributed by atoms with Crippen LogP contribution in [0.15, 0.2) is 0 Å². The number of carboxylic acids is 1. The van der Waals surface area contributed by atoms with E-state index in [0.29, 0.717) is 12.5 Å². The maximum absolute atomic E-state index is 12.1. The number of hydrogen-bond acceptors (Lipinski definition) is 3. The first-order valence-electron chi connectivity index (χ1n) is 6.78. The van der Waals surface area contributed by atoms with Gasteiger partial charge in [0.05, 0.1) is 13.0 Å². The summed E-state index contributed by atoms with van der Waals surface area (Å²) in [5.41, 5.74) is 0. The number of carbonyl (C=O) groups excluding carboxylic acids is 1. The van der Waals surface area contributed by atoms with Crippen molar-refractivity contribution >= 4 is 12.0 Å². The second kappa shape index (κ2) is 7.33. The topological polar surface area (TPSA) is 78.9 Å². The molecule has 0 aromatic carbocycles. The minimum absolute atomic E-state index is 0.0219. The predicted octanol–water partition coefficient (Wildman–Crippen LogP) is 1.31. The van der Waals surface area contributed by atoms with Gasteiger partial charge in [-0.3, -0.25) is 4.79 Å². The third-order valence-electron chi connectivity index (χ3n) is 3.47. The van der Waals surface area contributed by atoms with Crippen LogP contribution in [0.4, 0.5) is 4.79 Å². The van der Waals surface area contributed by atoms with Crippen LogP contribution in [0, 0.1) is 5.92 Å². The van der Waals surface area contributed by atoms with Gasteiger partial charge in [-0.15, -0.1) is 0 Å². The molecule has 110 valence electrons. The van der Waals surface area contributed by atoms with Gasteiger partial charge in [-0.05, 0) is 27.2 Å². The van der Waals surface area contributed by atoms with Gasteiger partial charge in [0.2, 0.25) is 0 Å². The molecule has 2 amide bonds. The molecule has 6 nitrogen and oxygen atoms in total. The van der Waals surface area contributed by atoms with Crippen molar-refractivity contribution in [1.82, 2.24) is 10.2 Å². The third kappa shape index (κ3) is 5.06. The summed E-state index contributed by atoms with van der Waals surface area (Å²) in [6.45, 7) is 7.38. The van der Waals surface area contributed by atoms with Gasteiger partial charge < -0.3 is 20.1 Å². The van der Waals surface area contributed by atoms with E-state index >= 15 is 0 Å². The summed E-state index contributed by atoms with van der Waals surface area (Å²) in [5.74, 6) is -0.548. The van der Waals surface area contributed by atoms with Crippen LogP contribution < -0.4 is 5.32 Å². The molecule has 0 aliphatic carbocycles. The molecule has 0 radical (unpaired) electrons. The van der Waals surface area contributed by atoms with E-state index in [9.17, 15) is 9.59 Å². The molecule has 1 aliphatic heterocycles. The van der Waals surface area contributed by atoms with Gasteiger partial charge in [0.15, 0.2) is 0 Å². The number of nitrogens with one attached hydrogen (secondary N) is 1. The lowest BCUT2D eigenvalue weighted by atomic mass is 10.0. The zero-order valence-electron chi connectivity index (χ0n) is 11.9. The molecular formula is C13H24N2O4. The van der Waals surface area contributed by atoms with Gasteiger partial charge in [0, 0.05) is 31.2 Å². The number of amides is 2. The second-order valence-corrected chi connectivity index (χ2v) is 5.29. The van der Waals surface area contributed by atoms with Crippen molar-refractivity contribution in [3.8, 4) is 0 Å². The molecule has 1 aliphatic rings. The number of aliphatic carboxylic acids is 1. The summed E-state index contributed by atoms with van der Waals surface area (Å²) in [4.78, 5) is 24.3. The second-order valence-electron chi connectivity index (χ2n) is 5.29. The maximum atomic E-state index is 12.1. The fourth-order valence-electron chi connectivity index (χ4n) is 2.15. The monoisotopic (exact) mass is 272 g/mol. The molecule has 1 saturated heterocycles. The van der Waals surface area contributed by atoms with E-state index in [4.69, 9.17) is 9.84 Å².